The van der Waals surface area contributed by atoms with Crippen molar-refractivity contribution in [2.75, 3.05) is 6.61 Å². The van der Waals surface area contributed by atoms with Crippen molar-refractivity contribution in [1.82, 2.24) is 4.57 Å². The van der Waals surface area contributed by atoms with Gasteiger partial charge in [0.05, 0.1) is 12.6 Å². The van der Waals surface area contributed by atoms with E-state index in [9.17, 15) is 4.79 Å². The fourth-order valence-electron chi connectivity index (χ4n) is 2.52. The lowest BCUT2D eigenvalue weighted by Crippen LogP contribution is -2.27. The summed E-state index contributed by atoms with van der Waals surface area (Å²) in [6.45, 7) is 2.58. The summed E-state index contributed by atoms with van der Waals surface area (Å²) in [6, 6.07) is 11.3. The van der Waals surface area contributed by atoms with Crippen molar-refractivity contribution in [3.8, 4) is 5.75 Å². The molecule has 1 aliphatic carbocycles. The average Bonchev–Trinajstić information content (AvgIpc) is 3.33. The molecule has 3 rings (SSSR count). The van der Waals surface area contributed by atoms with Crippen molar-refractivity contribution < 1.29 is 4.74 Å². The lowest BCUT2D eigenvalue weighted by molar-refractivity contribution is 0.340. The van der Waals surface area contributed by atoms with Crippen LogP contribution in [0.3, 0.4) is 0 Å². The predicted molar refractivity (Wildman–Crippen MR) is 82.6 cm³/mol. The molecule has 2 aromatic rings. The molecule has 1 fully saturated rings. The number of hydrogen-bond acceptors (Lipinski definition) is 3. The molecular weight excluding hydrogens is 264 g/mol. The number of rotatable bonds is 5. The van der Waals surface area contributed by atoms with E-state index in [-0.39, 0.29) is 5.56 Å². The Balaban J connectivity index is 1.89. The fourth-order valence-corrected chi connectivity index (χ4v) is 2.52. The van der Waals surface area contributed by atoms with Crippen molar-refractivity contribution >= 4 is 0 Å². The average molecular weight is 284 g/mol. The molecule has 4 nitrogen and oxygen atoms in total. The van der Waals surface area contributed by atoms with Gasteiger partial charge in [0.15, 0.2) is 0 Å². The monoisotopic (exact) mass is 284 g/mol. The van der Waals surface area contributed by atoms with Crippen LogP contribution in [0, 0.1) is 0 Å². The molecule has 4 heteroatoms. The van der Waals surface area contributed by atoms with Gasteiger partial charge < -0.3 is 15.0 Å². The molecular formula is C17H20N2O2. The lowest BCUT2D eigenvalue weighted by Gasteiger charge is -2.14. The first-order valence-electron chi connectivity index (χ1n) is 7.40. The molecule has 0 saturated heterocycles. The van der Waals surface area contributed by atoms with Gasteiger partial charge in [0.25, 0.3) is 5.56 Å². The Hall–Kier alpha value is -2.07. The molecule has 110 valence electrons. The van der Waals surface area contributed by atoms with Crippen molar-refractivity contribution in [2.24, 2.45) is 5.73 Å². The second-order valence-electron chi connectivity index (χ2n) is 5.39. The van der Waals surface area contributed by atoms with Crippen LogP contribution in [0.1, 0.15) is 43.0 Å². The van der Waals surface area contributed by atoms with Crippen LogP contribution in [-0.4, -0.2) is 11.2 Å². The second-order valence-corrected chi connectivity index (χ2v) is 5.39. The van der Waals surface area contributed by atoms with Crippen molar-refractivity contribution in [1.29, 1.82) is 0 Å². The minimum atomic E-state index is -0.403. The molecule has 1 saturated carbocycles. The summed E-state index contributed by atoms with van der Waals surface area (Å²) >= 11 is 0. The highest BCUT2D eigenvalue weighted by Gasteiger charge is 2.25. The van der Waals surface area contributed by atoms with Gasteiger partial charge in [-0.15, -0.1) is 0 Å². The lowest BCUT2D eigenvalue weighted by atomic mass is 10.0. The number of ether oxygens (including phenoxy) is 1. The highest BCUT2D eigenvalue weighted by Crippen LogP contribution is 2.33. The van der Waals surface area contributed by atoms with Crippen LogP contribution in [0.4, 0.5) is 0 Å². The standard InChI is InChI=1S/C17H20N2O2/c1-2-21-14-9-5-12(6-10-14)16(18)15-4-3-11-19(17(15)20)13-7-8-13/h3-6,9-11,13,16H,2,7-8,18H2,1H3. The van der Waals surface area contributed by atoms with Gasteiger partial charge in [-0.1, -0.05) is 18.2 Å². The molecule has 0 bridgehead atoms. The number of nitrogens with two attached hydrogens (primary N) is 1. The number of hydrogen-bond donors (Lipinski definition) is 1. The van der Waals surface area contributed by atoms with E-state index in [0.29, 0.717) is 18.2 Å². The van der Waals surface area contributed by atoms with Crippen molar-refractivity contribution in [3.63, 3.8) is 0 Å². The topological polar surface area (TPSA) is 57.2 Å². The molecule has 1 heterocycles. The molecule has 1 unspecified atom stereocenters. The predicted octanol–water partition coefficient (Wildman–Crippen LogP) is 2.63. The molecule has 1 atom stereocenters. The molecule has 2 N–H and O–H groups in total. The fraction of sp³-hybridized carbons (Fsp3) is 0.353. The highest BCUT2D eigenvalue weighted by atomic mass is 16.5. The molecule has 0 radical (unpaired) electrons. The van der Waals surface area contributed by atoms with Crippen molar-refractivity contribution in [2.45, 2.75) is 31.8 Å². The minimum absolute atomic E-state index is 0.0291. The molecule has 0 aliphatic heterocycles. The quantitative estimate of drug-likeness (QED) is 0.918. The largest absolute Gasteiger partial charge is 0.494 e. The van der Waals surface area contributed by atoms with E-state index in [4.69, 9.17) is 10.5 Å². The van der Waals surface area contributed by atoms with Gasteiger partial charge in [0.2, 0.25) is 0 Å². The Labute approximate surface area is 124 Å². The van der Waals surface area contributed by atoms with E-state index < -0.39 is 6.04 Å². The first-order chi connectivity index (χ1) is 10.2. The van der Waals surface area contributed by atoms with Crippen LogP contribution in [0.2, 0.25) is 0 Å². The number of nitrogens with zero attached hydrogens (tertiary/aromatic N) is 1. The van der Waals surface area contributed by atoms with Crippen LogP contribution in [0.25, 0.3) is 0 Å². The normalized spacial score (nSPS) is 15.7. The van der Waals surface area contributed by atoms with Crippen LogP contribution < -0.4 is 16.0 Å². The third-order valence-electron chi connectivity index (χ3n) is 3.83. The van der Waals surface area contributed by atoms with Gasteiger partial charge in [-0.2, -0.15) is 0 Å². The summed E-state index contributed by atoms with van der Waals surface area (Å²) in [5.41, 5.74) is 7.87. The number of aromatic nitrogens is 1. The van der Waals surface area contributed by atoms with Crippen LogP contribution in [0.15, 0.2) is 47.4 Å². The second kappa shape index (κ2) is 5.74. The summed E-state index contributed by atoms with van der Waals surface area (Å²) in [6.07, 6.45) is 4.03. The maximum Gasteiger partial charge on any atom is 0.255 e. The highest BCUT2D eigenvalue weighted by molar-refractivity contribution is 5.34. The van der Waals surface area contributed by atoms with E-state index in [0.717, 1.165) is 24.2 Å². The summed E-state index contributed by atoms with van der Waals surface area (Å²) in [5, 5.41) is 0. The van der Waals surface area contributed by atoms with Gasteiger partial charge in [-0.3, -0.25) is 4.79 Å². The third kappa shape index (κ3) is 2.85. The van der Waals surface area contributed by atoms with E-state index in [1.165, 1.54) is 0 Å². The maximum absolute atomic E-state index is 12.5. The van der Waals surface area contributed by atoms with Gasteiger partial charge in [0, 0.05) is 17.8 Å². The van der Waals surface area contributed by atoms with Gasteiger partial charge in [0.1, 0.15) is 5.75 Å². The molecule has 21 heavy (non-hydrogen) atoms. The van der Waals surface area contributed by atoms with Crippen LogP contribution >= 0.6 is 0 Å². The Morgan fingerprint density at radius 3 is 2.62 bits per heavy atom. The van der Waals surface area contributed by atoms with Gasteiger partial charge in [-0.25, -0.2) is 0 Å². The zero-order chi connectivity index (χ0) is 14.8. The Kier molecular flexibility index (Phi) is 3.80. The molecule has 1 aliphatic rings. The van der Waals surface area contributed by atoms with Gasteiger partial charge in [-0.05, 0) is 43.5 Å². The SMILES string of the molecule is CCOc1ccc(C(N)c2cccn(C3CC3)c2=O)cc1. The molecule has 1 aromatic heterocycles. The van der Waals surface area contributed by atoms with E-state index in [1.807, 2.05) is 54.1 Å². The summed E-state index contributed by atoms with van der Waals surface area (Å²) in [4.78, 5) is 12.5. The summed E-state index contributed by atoms with van der Waals surface area (Å²) in [5.74, 6) is 0.817. The summed E-state index contributed by atoms with van der Waals surface area (Å²) < 4.78 is 7.23. The van der Waals surface area contributed by atoms with Crippen LogP contribution in [0.5, 0.6) is 5.75 Å². The van der Waals surface area contributed by atoms with Crippen LogP contribution in [-0.2, 0) is 0 Å². The first kappa shape index (κ1) is 13.9. The van der Waals surface area contributed by atoms with Gasteiger partial charge >= 0.3 is 0 Å². The Morgan fingerprint density at radius 2 is 2.00 bits per heavy atom. The van der Waals surface area contributed by atoms with E-state index in [2.05, 4.69) is 0 Å². The molecule has 0 spiro atoms. The zero-order valence-corrected chi connectivity index (χ0v) is 12.2. The maximum atomic E-state index is 12.5. The third-order valence-corrected chi connectivity index (χ3v) is 3.83. The Bertz CT molecular complexity index is 672. The smallest absolute Gasteiger partial charge is 0.255 e. The first-order valence-corrected chi connectivity index (χ1v) is 7.40. The number of pyridine rings is 1. The Morgan fingerprint density at radius 1 is 1.29 bits per heavy atom. The summed E-state index contributed by atoms with van der Waals surface area (Å²) in [7, 11) is 0. The molecule has 0 amide bonds. The van der Waals surface area contributed by atoms with E-state index >= 15 is 0 Å². The zero-order valence-electron chi connectivity index (χ0n) is 12.2. The molecule has 1 aromatic carbocycles. The van der Waals surface area contributed by atoms with Crippen molar-refractivity contribution in [3.05, 3.63) is 64.1 Å². The number of benzene rings is 1. The van der Waals surface area contributed by atoms with E-state index in [1.54, 1.807) is 0 Å². The minimum Gasteiger partial charge on any atom is -0.494 e.